The topological polar surface area (TPSA) is 29.1 Å². The van der Waals surface area contributed by atoms with Crippen molar-refractivity contribution in [3.05, 3.63) is 58.0 Å². The summed E-state index contributed by atoms with van der Waals surface area (Å²) in [4.78, 5) is 13.2. The normalized spacial score (nSPS) is 22.3. The van der Waals surface area contributed by atoms with Gasteiger partial charge in [-0.3, -0.25) is 4.79 Å². The summed E-state index contributed by atoms with van der Waals surface area (Å²) >= 11 is 1.60. The number of rotatable bonds is 4. The molecule has 1 aliphatic rings. The van der Waals surface area contributed by atoms with Gasteiger partial charge in [0, 0.05) is 10.8 Å². The third kappa shape index (κ3) is 2.75. The van der Waals surface area contributed by atoms with Crippen molar-refractivity contribution in [2.24, 2.45) is 11.8 Å². The van der Waals surface area contributed by atoms with Crippen LogP contribution in [0.5, 0.6) is 0 Å². The molecular weight excluding hydrogens is 273 g/mol. The van der Waals surface area contributed by atoms with Crippen LogP contribution in [0.3, 0.4) is 0 Å². The van der Waals surface area contributed by atoms with Crippen LogP contribution in [0.1, 0.15) is 29.8 Å². The number of amides is 1. The molecule has 2 aromatic rings. The van der Waals surface area contributed by atoms with Crippen LogP contribution >= 0.6 is 11.3 Å². The Morgan fingerprint density at radius 3 is 2.60 bits per heavy atom. The fraction of sp³-hybridized carbons (Fsp3) is 0.312. The average Bonchev–Trinajstić information content (AvgIpc) is 2.95. The Morgan fingerprint density at radius 2 is 2.05 bits per heavy atom. The molecule has 0 spiro atoms. The molecule has 104 valence electrons. The molecule has 4 heteroatoms. The van der Waals surface area contributed by atoms with Crippen LogP contribution in [0.15, 0.2) is 41.8 Å². The average molecular weight is 289 g/mol. The molecule has 1 aromatic carbocycles. The van der Waals surface area contributed by atoms with Crippen molar-refractivity contribution >= 4 is 17.2 Å². The summed E-state index contributed by atoms with van der Waals surface area (Å²) in [7, 11) is 0. The van der Waals surface area contributed by atoms with E-state index >= 15 is 0 Å². The fourth-order valence-corrected chi connectivity index (χ4v) is 3.17. The summed E-state index contributed by atoms with van der Waals surface area (Å²) < 4.78 is 13.1. The van der Waals surface area contributed by atoms with E-state index < -0.39 is 0 Å². The molecule has 1 saturated carbocycles. The number of hydrogen-bond acceptors (Lipinski definition) is 2. The Balaban J connectivity index is 1.84. The van der Waals surface area contributed by atoms with Gasteiger partial charge in [0.1, 0.15) is 5.82 Å². The van der Waals surface area contributed by atoms with E-state index in [9.17, 15) is 9.18 Å². The third-order valence-electron chi connectivity index (χ3n) is 3.76. The van der Waals surface area contributed by atoms with Crippen molar-refractivity contribution < 1.29 is 9.18 Å². The second-order valence-electron chi connectivity index (χ2n) is 5.33. The van der Waals surface area contributed by atoms with Crippen molar-refractivity contribution in [2.45, 2.75) is 19.4 Å². The molecule has 1 aromatic heterocycles. The first kappa shape index (κ1) is 13.3. The minimum atomic E-state index is -0.263. The van der Waals surface area contributed by atoms with Crippen molar-refractivity contribution in [2.75, 3.05) is 0 Å². The van der Waals surface area contributed by atoms with E-state index in [0.717, 1.165) is 16.9 Å². The van der Waals surface area contributed by atoms with E-state index in [4.69, 9.17) is 0 Å². The van der Waals surface area contributed by atoms with Crippen LogP contribution < -0.4 is 5.32 Å². The first-order valence-electron chi connectivity index (χ1n) is 6.74. The molecule has 1 amide bonds. The standard InChI is InChI=1S/C16H16FNOS/c1-10-9-13(10)16(19)18-15(14-3-2-8-20-14)11-4-6-12(17)7-5-11/h2-8,10,13,15H,9H2,1H3,(H,18,19)/t10-,13-,15+/m1/s1. The quantitative estimate of drug-likeness (QED) is 0.912. The van der Waals surface area contributed by atoms with Gasteiger partial charge in [0.15, 0.2) is 0 Å². The van der Waals surface area contributed by atoms with Gasteiger partial charge >= 0.3 is 0 Å². The number of carbonyl (C=O) groups excluding carboxylic acids is 1. The monoisotopic (exact) mass is 289 g/mol. The van der Waals surface area contributed by atoms with Gasteiger partial charge in [0.2, 0.25) is 5.91 Å². The van der Waals surface area contributed by atoms with Crippen LogP contribution in [0.2, 0.25) is 0 Å². The van der Waals surface area contributed by atoms with Gasteiger partial charge < -0.3 is 5.32 Å². The Kier molecular flexibility index (Phi) is 3.57. The Bertz CT molecular complexity index is 593. The maximum Gasteiger partial charge on any atom is 0.224 e. The van der Waals surface area contributed by atoms with Crippen molar-refractivity contribution in [3.8, 4) is 0 Å². The SMILES string of the molecule is C[C@@H]1C[C@H]1C(=O)N[C@@H](c1ccc(F)cc1)c1cccs1. The molecule has 1 heterocycles. The highest BCUT2D eigenvalue weighted by atomic mass is 32.1. The molecule has 1 fully saturated rings. The van der Waals surface area contributed by atoms with E-state index in [2.05, 4.69) is 12.2 Å². The summed E-state index contributed by atoms with van der Waals surface area (Å²) in [5, 5.41) is 5.08. The molecule has 3 atom stereocenters. The molecule has 1 aliphatic carbocycles. The number of nitrogens with one attached hydrogen (secondary N) is 1. The number of thiophene rings is 1. The summed E-state index contributed by atoms with van der Waals surface area (Å²) in [5.74, 6) is 0.450. The number of carbonyl (C=O) groups is 1. The maximum absolute atomic E-state index is 13.1. The van der Waals surface area contributed by atoms with Gasteiger partial charge in [-0.1, -0.05) is 25.1 Å². The largest absolute Gasteiger partial charge is 0.344 e. The van der Waals surface area contributed by atoms with Crippen LogP contribution in [0.4, 0.5) is 4.39 Å². The van der Waals surface area contributed by atoms with Crippen LogP contribution in [0, 0.1) is 17.7 Å². The lowest BCUT2D eigenvalue weighted by Crippen LogP contribution is -2.30. The van der Waals surface area contributed by atoms with Gasteiger partial charge in [-0.05, 0) is 41.5 Å². The number of hydrogen-bond donors (Lipinski definition) is 1. The van der Waals surface area contributed by atoms with E-state index in [1.807, 2.05) is 17.5 Å². The van der Waals surface area contributed by atoms with E-state index in [0.29, 0.717) is 5.92 Å². The van der Waals surface area contributed by atoms with Gasteiger partial charge in [-0.15, -0.1) is 11.3 Å². The van der Waals surface area contributed by atoms with Gasteiger partial charge in [-0.25, -0.2) is 4.39 Å². The zero-order chi connectivity index (χ0) is 14.1. The van der Waals surface area contributed by atoms with Gasteiger partial charge in [-0.2, -0.15) is 0 Å². The van der Waals surface area contributed by atoms with E-state index in [-0.39, 0.29) is 23.7 Å². The molecule has 0 radical (unpaired) electrons. The summed E-state index contributed by atoms with van der Waals surface area (Å²) in [5.41, 5.74) is 0.913. The van der Waals surface area contributed by atoms with Crippen LogP contribution in [0.25, 0.3) is 0 Å². The predicted octanol–water partition coefficient (Wildman–Crippen LogP) is 3.75. The maximum atomic E-state index is 13.1. The second kappa shape index (κ2) is 5.37. The summed E-state index contributed by atoms with van der Waals surface area (Å²) in [6.45, 7) is 2.09. The lowest BCUT2D eigenvalue weighted by Gasteiger charge is -2.18. The molecule has 1 N–H and O–H groups in total. The summed E-state index contributed by atoms with van der Waals surface area (Å²) in [6.07, 6.45) is 0.965. The Hall–Kier alpha value is -1.68. The van der Waals surface area contributed by atoms with Crippen molar-refractivity contribution in [1.29, 1.82) is 0 Å². The predicted molar refractivity (Wildman–Crippen MR) is 78.0 cm³/mol. The first-order valence-corrected chi connectivity index (χ1v) is 7.62. The minimum absolute atomic E-state index is 0.0974. The lowest BCUT2D eigenvalue weighted by molar-refractivity contribution is -0.123. The van der Waals surface area contributed by atoms with E-state index in [1.54, 1.807) is 23.5 Å². The Labute approximate surface area is 121 Å². The summed E-state index contributed by atoms with van der Waals surface area (Å²) in [6, 6.07) is 10.1. The molecule has 0 aliphatic heterocycles. The van der Waals surface area contributed by atoms with Gasteiger partial charge in [0.25, 0.3) is 0 Å². The minimum Gasteiger partial charge on any atom is -0.344 e. The van der Waals surface area contributed by atoms with Crippen molar-refractivity contribution in [1.82, 2.24) is 5.32 Å². The molecule has 2 nitrogen and oxygen atoms in total. The third-order valence-corrected chi connectivity index (χ3v) is 4.70. The Morgan fingerprint density at radius 1 is 1.35 bits per heavy atom. The molecule has 3 rings (SSSR count). The highest BCUT2D eigenvalue weighted by molar-refractivity contribution is 7.10. The first-order chi connectivity index (χ1) is 9.65. The fourth-order valence-electron chi connectivity index (χ4n) is 2.37. The zero-order valence-electron chi connectivity index (χ0n) is 11.2. The zero-order valence-corrected chi connectivity index (χ0v) is 12.0. The molecular formula is C16H16FNOS. The van der Waals surface area contributed by atoms with E-state index in [1.165, 1.54) is 12.1 Å². The molecule has 0 bridgehead atoms. The smallest absolute Gasteiger partial charge is 0.224 e. The number of halogens is 1. The highest BCUT2D eigenvalue weighted by Crippen LogP contribution is 2.38. The van der Waals surface area contributed by atoms with Crippen LogP contribution in [-0.2, 0) is 4.79 Å². The lowest BCUT2D eigenvalue weighted by atomic mass is 10.0. The molecule has 20 heavy (non-hydrogen) atoms. The molecule has 0 unspecified atom stereocenters. The second-order valence-corrected chi connectivity index (χ2v) is 6.31. The van der Waals surface area contributed by atoms with Crippen LogP contribution in [-0.4, -0.2) is 5.91 Å². The highest BCUT2D eigenvalue weighted by Gasteiger charge is 2.40. The molecule has 0 saturated heterocycles. The van der Waals surface area contributed by atoms with Crippen molar-refractivity contribution in [3.63, 3.8) is 0 Å². The number of benzene rings is 1. The van der Waals surface area contributed by atoms with Gasteiger partial charge in [0.05, 0.1) is 6.04 Å².